The van der Waals surface area contributed by atoms with Crippen LogP contribution in [0.4, 0.5) is 0 Å². The number of aryl methyl sites for hydroxylation is 2. The molecule has 3 rings (SSSR count). The molecule has 1 aliphatic heterocycles. The predicted molar refractivity (Wildman–Crippen MR) is 80.0 cm³/mol. The van der Waals surface area contributed by atoms with Crippen LogP contribution in [0, 0.1) is 18.3 Å². The number of fused-ring (bicyclic) bond motifs is 1. The van der Waals surface area contributed by atoms with E-state index in [-0.39, 0.29) is 17.9 Å². The molecule has 21 heavy (non-hydrogen) atoms. The largest absolute Gasteiger partial charge is 0.396 e. The molecule has 1 aliphatic carbocycles. The van der Waals surface area contributed by atoms with Gasteiger partial charge in [0.15, 0.2) is 0 Å². The van der Waals surface area contributed by atoms with Crippen molar-refractivity contribution in [3.63, 3.8) is 0 Å². The summed E-state index contributed by atoms with van der Waals surface area (Å²) in [6.07, 6.45) is 6.25. The number of carbonyl (C=O) groups excluding carboxylic acids is 1. The van der Waals surface area contributed by atoms with Gasteiger partial charge >= 0.3 is 0 Å². The third-order valence-corrected chi connectivity index (χ3v) is 5.27. The summed E-state index contributed by atoms with van der Waals surface area (Å²) in [5.74, 6) is 0.550. The van der Waals surface area contributed by atoms with E-state index in [9.17, 15) is 9.90 Å². The monoisotopic (exact) mass is 291 g/mol. The summed E-state index contributed by atoms with van der Waals surface area (Å²) in [6, 6.07) is 0. The van der Waals surface area contributed by atoms with Crippen LogP contribution in [-0.4, -0.2) is 45.4 Å². The highest BCUT2D eigenvalue weighted by Gasteiger charge is 2.50. The van der Waals surface area contributed by atoms with Crippen molar-refractivity contribution < 1.29 is 9.90 Å². The highest BCUT2D eigenvalue weighted by molar-refractivity contribution is 5.95. The third-order valence-electron chi connectivity index (χ3n) is 5.27. The van der Waals surface area contributed by atoms with E-state index in [2.05, 4.69) is 12.0 Å². The quantitative estimate of drug-likeness (QED) is 0.921. The van der Waals surface area contributed by atoms with Crippen molar-refractivity contribution in [2.45, 2.75) is 46.1 Å². The first kappa shape index (κ1) is 14.6. The van der Waals surface area contributed by atoms with Crippen molar-refractivity contribution in [3.05, 3.63) is 17.5 Å². The third kappa shape index (κ3) is 2.37. The van der Waals surface area contributed by atoms with Gasteiger partial charge in [-0.1, -0.05) is 13.3 Å². The highest BCUT2D eigenvalue weighted by Crippen LogP contribution is 2.48. The molecule has 2 fully saturated rings. The summed E-state index contributed by atoms with van der Waals surface area (Å²) in [5.41, 5.74) is 1.49. The molecule has 1 N–H and O–H groups in total. The Morgan fingerprint density at radius 3 is 3.05 bits per heavy atom. The number of amides is 1. The maximum absolute atomic E-state index is 12.8. The van der Waals surface area contributed by atoms with Crippen molar-refractivity contribution in [1.82, 2.24) is 14.7 Å². The van der Waals surface area contributed by atoms with Gasteiger partial charge in [-0.2, -0.15) is 5.10 Å². The van der Waals surface area contributed by atoms with Gasteiger partial charge in [0, 0.05) is 31.2 Å². The molecular weight excluding hydrogens is 266 g/mol. The number of carbonyl (C=O) groups is 1. The lowest BCUT2D eigenvalue weighted by Gasteiger charge is -2.25. The molecule has 0 bridgehead atoms. The van der Waals surface area contributed by atoms with Crippen molar-refractivity contribution in [1.29, 1.82) is 0 Å². The molecule has 2 heterocycles. The Morgan fingerprint density at radius 1 is 1.57 bits per heavy atom. The Morgan fingerprint density at radius 2 is 2.38 bits per heavy atom. The first-order valence-corrected chi connectivity index (χ1v) is 8.04. The topological polar surface area (TPSA) is 58.4 Å². The van der Waals surface area contributed by atoms with E-state index in [0.29, 0.717) is 12.5 Å². The van der Waals surface area contributed by atoms with Crippen LogP contribution in [0.25, 0.3) is 0 Å². The van der Waals surface area contributed by atoms with Gasteiger partial charge in [-0.3, -0.25) is 9.48 Å². The van der Waals surface area contributed by atoms with Crippen LogP contribution in [0.2, 0.25) is 0 Å². The number of aliphatic hydroxyl groups excluding tert-OH is 1. The minimum Gasteiger partial charge on any atom is -0.396 e. The zero-order valence-corrected chi connectivity index (χ0v) is 13.0. The minimum atomic E-state index is -0.0387. The lowest BCUT2D eigenvalue weighted by Crippen LogP contribution is -2.34. The van der Waals surface area contributed by atoms with Gasteiger partial charge in [0.2, 0.25) is 0 Å². The molecule has 2 atom stereocenters. The van der Waals surface area contributed by atoms with Crippen LogP contribution < -0.4 is 0 Å². The Bertz CT molecular complexity index is 540. The van der Waals surface area contributed by atoms with Crippen LogP contribution in [0.1, 0.15) is 48.7 Å². The van der Waals surface area contributed by atoms with Crippen molar-refractivity contribution >= 4 is 5.91 Å². The normalized spacial score (nSPS) is 28.1. The first-order valence-electron chi connectivity index (χ1n) is 8.04. The molecule has 1 aromatic rings. The van der Waals surface area contributed by atoms with E-state index in [4.69, 9.17) is 0 Å². The number of nitrogens with zero attached hydrogens (tertiary/aromatic N) is 3. The van der Waals surface area contributed by atoms with Gasteiger partial charge in [0.05, 0.1) is 17.9 Å². The summed E-state index contributed by atoms with van der Waals surface area (Å²) in [4.78, 5) is 14.7. The van der Waals surface area contributed by atoms with E-state index in [1.54, 1.807) is 0 Å². The predicted octanol–water partition coefficient (Wildman–Crippen LogP) is 1.84. The molecule has 0 spiro atoms. The van der Waals surface area contributed by atoms with Crippen molar-refractivity contribution in [2.24, 2.45) is 11.3 Å². The standard InChI is InChI=1S/C16H25N3O2/c1-3-7-19-9-14(12(2)17-19)15(21)18-8-13-5-4-6-16(13,10-18)11-20/h9,13,20H,3-8,10-11H2,1-2H3/t13-,16+/m0/s1. The molecule has 0 aromatic carbocycles. The van der Waals surface area contributed by atoms with Crippen LogP contribution in [0.3, 0.4) is 0 Å². The van der Waals surface area contributed by atoms with E-state index >= 15 is 0 Å². The second-order valence-electron chi connectivity index (χ2n) is 6.69. The van der Waals surface area contributed by atoms with Crippen LogP contribution >= 0.6 is 0 Å². The molecular formula is C16H25N3O2. The SMILES string of the molecule is CCCn1cc(C(=O)N2C[C@@H]3CCC[C@]3(CO)C2)c(C)n1. The summed E-state index contributed by atoms with van der Waals surface area (Å²) in [6.45, 7) is 6.54. The lowest BCUT2D eigenvalue weighted by atomic mass is 9.82. The molecule has 5 nitrogen and oxygen atoms in total. The van der Waals surface area contributed by atoms with Gasteiger partial charge in [0.25, 0.3) is 5.91 Å². The molecule has 1 saturated heterocycles. The smallest absolute Gasteiger partial charge is 0.257 e. The minimum absolute atomic E-state index is 0.0387. The molecule has 1 saturated carbocycles. The van der Waals surface area contributed by atoms with Gasteiger partial charge in [0.1, 0.15) is 0 Å². The number of hydrogen-bond donors (Lipinski definition) is 1. The second-order valence-corrected chi connectivity index (χ2v) is 6.69. The van der Waals surface area contributed by atoms with Crippen LogP contribution in [0.15, 0.2) is 6.20 Å². The number of hydrogen-bond acceptors (Lipinski definition) is 3. The van der Waals surface area contributed by atoms with Gasteiger partial charge in [-0.05, 0) is 32.1 Å². The Hall–Kier alpha value is -1.36. The lowest BCUT2D eigenvalue weighted by molar-refractivity contribution is 0.0733. The number of aromatic nitrogens is 2. The summed E-state index contributed by atoms with van der Waals surface area (Å²) in [7, 11) is 0. The van der Waals surface area contributed by atoms with Crippen LogP contribution in [0.5, 0.6) is 0 Å². The van der Waals surface area contributed by atoms with Gasteiger partial charge < -0.3 is 10.0 Å². The van der Waals surface area contributed by atoms with E-state index in [1.165, 1.54) is 6.42 Å². The number of likely N-dealkylation sites (tertiary alicyclic amines) is 1. The zero-order valence-electron chi connectivity index (χ0n) is 13.0. The average molecular weight is 291 g/mol. The van der Waals surface area contributed by atoms with Crippen molar-refractivity contribution in [2.75, 3.05) is 19.7 Å². The summed E-state index contributed by atoms with van der Waals surface area (Å²) < 4.78 is 1.86. The maximum atomic E-state index is 12.8. The van der Waals surface area contributed by atoms with Gasteiger partial charge in [-0.15, -0.1) is 0 Å². The Labute approximate surface area is 125 Å². The maximum Gasteiger partial charge on any atom is 0.257 e. The fourth-order valence-corrected chi connectivity index (χ4v) is 4.07. The second kappa shape index (κ2) is 5.44. The van der Waals surface area contributed by atoms with Crippen molar-refractivity contribution in [3.8, 4) is 0 Å². The Balaban J connectivity index is 1.77. The zero-order chi connectivity index (χ0) is 15.0. The van der Waals surface area contributed by atoms with E-state index in [0.717, 1.165) is 43.6 Å². The molecule has 116 valence electrons. The van der Waals surface area contributed by atoms with Crippen LogP contribution in [-0.2, 0) is 6.54 Å². The fourth-order valence-electron chi connectivity index (χ4n) is 4.07. The van der Waals surface area contributed by atoms with Gasteiger partial charge in [-0.25, -0.2) is 0 Å². The highest BCUT2D eigenvalue weighted by atomic mass is 16.3. The summed E-state index contributed by atoms with van der Waals surface area (Å²) >= 11 is 0. The number of rotatable bonds is 4. The summed E-state index contributed by atoms with van der Waals surface area (Å²) in [5, 5.41) is 14.2. The number of aliphatic hydroxyl groups is 1. The molecule has 5 heteroatoms. The van der Waals surface area contributed by atoms with E-state index < -0.39 is 0 Å². The van der Waals surface area contributed by atoms with E-state index in [1.807, 2.05) is 22.7 Å². The Kier molecular flexibility index (Phi) is 3.78. The fraction of sp³-hybridized carbons (Fsp3) is 0.750. The molecule has 1 aromatic heterocycles. The first-order chi connectivity index (χ1) is 10.1. The average Bonchev–Trinajstić information content (AvgIpc) is 3.10. The molecule has 0 radical (unpaired) electrons. The molecule has 2 aliphatic rings. The molecule has 0 unspecified atom stereocenters. The molecule has 1 amide bonds.